The standard InChI is InChI=1S/C9H17NO2S/c1-2-9(4-5-9)10-8-3-6-13(11,12)7-8/h8,10H,2-7H2,1H3. The van der Waals surface area contributed by atoms with Crippen molar-refractivity contribution in [2.75, 3.05) is 11.5 Å². The Hall–Kier alpha value is -0.0900. The van der Waals surface area contributed by atoms with E-state index in [1.54, 1.807) is 0 Å². The molecule has 1 N–H and O–H groups in total. The number of rotatable bonds is 3. The molecule has 1 saturated carbocycles. The SMILES string of the molecule is CCC1(NC2CCS(=O)(=O)C2)CC1. The highest BCUT2D eigenvalue weighted by molar-refractivity contribution is 7.91. The van der Waals surface area contributed by atoms with Crippen molar-refractivity contribution in [3.8, 4) is 0 Å². The van der Waals surface area contributed by atoms with Crippen LogP contribution in [0, 0.1) is 0 Å². The summed E-state index contributed by atoms with van der Waals surface area (Å²) in [7, 11) is -2.71. The van der Waals surface area contributed by atoms with Gasteiger partial charge in [0.05, 0.1) is 11.5 Å². The fourth-order valence-electron chi connectivity index (χ4n) is 2.09. The zero-order chi connectivity index (χ0) is 9.53. The van der Waals surface area contributed by atoms with Crippen molar-refractivity contribution in [1.82, 2.24) is 5.32 Å². The van der Waals surface area contributed by atoms with Crippen molar-refractivity contribution in [1.29, 1.82) is 0 Å². The van der Waals surface area contributed by atoms with Crippen LogP contribution in [0.4, 0.5) is 0 Å². The quantitative estimate of drug-likeness (QED) is 0.734. The molecule has 2 aliphatic rings. The fourth-order valence-corrected chi connectivity index (χ4v) is 3.77. The van der Waals surface area contributed by atoms with Crippen LogP contribution in [0.3, 0.4) is 0 Å². The number of nitrogens with one attached hydrogen (secondary N) is 1. The lowest BCUT2D eigenvalue weighted by Crippen LogP contribution is -2.40. The highest BCUT2D eigenvalue weighted by Crippen LogP contribution is 2.39. The predicted molar refractivity (Wildman–Crippen MR) is 52.5 cm³/mol. The van der Waals surface area contributed by atoms with Crippen LogP contribution in [0.5, 0.6) is 0 Å². The maximum absolute atomic E-state index is 11.2. The van der Waals surface area contributed by atoms with E-state index in [0.717, 1.165) is 12.8 Å². The Morgan fingerprint density at radius 3 is 2.54 bits per heavy atom. The van der Waals surface area contributed by atoms with Gasteiger partial charge in [0, 0.05) is 11.6 Å². The van der Waals surface area contributed by atoms with Crippen LogP contribution in [0.15, 0.2) is 0 Å². The van der Waals surface area contributed by atoms with Crippen molar-refractivity contribution in [2.24, 2.45) is 0 Å². The molecule has 0 amide bonds. The van der Waals surface area contributed by atoms with Gasteiger partial charge in [0.2, 0.25) is 0 Å². The molecule has 13 heavy (non-hydrogen) atoms. The molecule has 4 heteroatoms. The molecular weight excluding hydrogens is 186 g/mol. The summed E-state index contributed by atoms with van der Waals surface area (Å²) in [6.07, 6.45) is 4.38. The van der Waals surface area contributed by atoms with Gasteiger partial charge in [-0.2, -0.15) is 0 Å². The van der Waals surface area contributed by atoms with E-state index in [9.17, 15) is 8.42 Å². The Balaban J connectivity index is 1.91. The van der Waals surface area contributed by atoms with E-state index in [-0.39, 0.29) is 6.04 Å². The minimum Gasteiger partial charge on any atom is -0.307 e. The van der Waals surface area contributed by atoms with Gasteiger partial charge in [-0.15, -0.1) is 0 Å². The normalized spacial score (nSPS) is 34.7. The third-order valence-corrected chi connectivity index (χ3v) is 5.04. The average molecular weight is 203 g/mol. The van der Waals surface area contributed by atoms with Crippen LogP contribution >= 0.6 is 0 Å². The topological polar surface area (TPSA) is 46.2 Å². The molecule has 1 heterocycles. The number of hydrogen-bond donors (Lipinski definition) is 1. The van der Waals surface area contributed by atoms with Crippen molar-refractivity contribution < 1.29 is 8.42 Å². The largest absolute Gasteiger partial charge is 0.307 e. The highest BCUT2D eigenvalue weighted by atomic mass is 32.2. The summed E-state index contributed by atoms with van der Waals surface area (Å²) in [6, 6.07) is 0.229. The van der Waals surface area contributed by atoms with E-state index in [1.807, 2.05) is 0 Å². The third-order valence-electron chi connectivity index (χ3n) is 3.27. The molecule has 1 saturated heterocycles. The van der Waals surface area contributed by atoms with Gasteiger partial charge in [0.25, 0.3) is 0 Å². The molecule has 1 aliphatic carbocycles. The average Bonchev–Trinajstić information content (AvgIpc) is 2.74. The highest BCUT2D eigenvalue weighted by Gasteiger charge is 2.43. The maximum atomic E-state index is 11.2. The monoisotopic (exact) mass is 203 g/mol. The van der Waals surface area contributed by atoms with Crippen LogP contribution in [-0.4, -0.2) is 31.5 Å². The van der Waals surface area contributed by atoms with Gasteiger partial charge in [-0.05, 0) is 25.7 Å². The van der Waals surface area contributed by atoms with Crippen LogP contribution in [0.2, 0.25) is 0 Å². The van der Waals surface area contributed by atoms with Crippen LogP contribution in [0.25, 0.3) is 0 Å². The number of sulfone groups is 1. The molecule has 2 rings (SSSR count). The van der Waals surface area contributed by atoms with E-state index < -0.39 is 9.84 Å². The second-order valence-electron chi connectivity index (χ2n) is 4.38. The van der Waals surface area contributed by atoms with E-state index in [0.29, 0.717) is 17.0 Å². The molecule has 0 aromatic carbocycles. The Morgan fingerprint density at radius 2 is 2.15 bits per heavy atom. The van der Waals surface area contributed by atoms with Gasteiger partial charge in [-0.1, -0.05) is 6.92 Å². The maximum Gasteiger partial charge on any atom is 0.151 e. The molecule has 1 aliphatic heterocycles. The zero-order valence-corrected chi connectivity index (χ0v) is 8.86. The Bertz CT molecular complexity index is 293. The van der Waals surface area contributed by atoms with Crippen LogP contribution < -0.4 is 5.32 Å². The van der Waals surface area contributed by atoms with Crippen molar-refractivity contribution in [3.05, 3.63) is 0 Å². The zero-order valence-electron chi connectivity index (χ0n) is 8.04. The summed E-state index contributed by atoms with van der Waals surface area (Å²) >= 11 is 0. The van der Waals surface area contributed by atoms with Crippen molar-refractivity contribution >= 4 is 9.84 Å². The Morgan fingerprint density at radius 1 is 1.46 bits per heavy atom. The van der Waals surface area contributed by atoms with Gasteiger partial charge < -0.3 is 5.32 Å². The first-order chi connectivity index (χ1) is 6.05. The molecule has 76 valence electrons. The summed E-state index contributed by atoms with van der Waals surface area (Å²) in [6.45, 7) is 2.17. The van der Waals surface area contributed by atoms with Gasteiger partial charge in [-0.25, -0.2) is 8.42 Å². The summed E-state index contributed by atoms with van der Waals surface area (Å²) in [5.74, 6) is 0.735. The molecule has 1 unspecified atom stereocenters. The van der Waals surface area contributed by atoms with Crippen molar-refractivity contribution in [3.63, 3.8) is 0 Å². The summed E-state index contributed by atoms with van der Waals surface area (Å²) in [5, 5.41) is 3.49. The third kappa shape index (κ3) is 2.05. The van der Waals surface area contributed by atoms with E-state index in [1.165, 1.54) is 12.8 Å². The van der Waals surface area contributed by atoms with Gasteiger partial charge in [0.1, 0.15) is 0 Å². The van der Waals surface area contributed by atoms with E-state index >= 15 is 0 Å². The van der Waals surface area contributed by atoms with Crippen LogP contribution in [-0.2, 0) is 9.84 Å². The summed E-state index contributed by atoms with van der Waals surface area (Å²) in [4.78, 5) is 0. The second kappa shape index (κ2) is 2.95. The number of hydrogen-bond acceptors (Lipinski definition) is 3. The summed E-state index contributed by atoms with van der Waals surface area (Å²) < 4.78 is 22.4. The minimum absolute atomic E-state index is 0.229. The van der Waals surface area contributed by atoms with E-state index in [4.69, 9.17) is 0 Å². The minimum atomic E-state index is -2.71. The molecular formula is C9H17NO2S. The molecule has 0 radical (unpaired) electrons. The fraction of sp³-hybridized carbons (Fsp3) is 1.00. The van der Waals surface area contributed by atoms with E-state index in [2.05, 4.69) is 12.2 Å². The Labute approximate surface area is 79.8 Å². The first-order valence-corrected chi connectivity index (χ1v) is 6.85. The first-order valence-electron chi connectivity index (χ1n) is 5.03. The van der Waals surface area contributed by atoms with Crippen molar-refractivity contribution in [2.45, 2.75) is 44.2 Å². The first kappa shape index (κ1) is 9.46. The summed E-state index contributed by atoms with van der Waals surface area (Å²) in [5.41, 5.74) is 0.310. The molecule has 0 aromatic rings. The van der Waals surface area contributed by atoms with Gasteiger partial charge in [0.15, 0.2) is 9.84 Å². The molecule has 2 fully saturated rings. The smallest absolute Gasteiger partial charge is 0.151 e. The lowest BCUT2D eigenvalue weighted by atomic mass is 10.1. The Kier molecular flexibility index (Phi) is 2.15. The molecule has 0 aromatic heterocycles. The molecule has 0 bridgehead atoms. The van der Waals surface area contributed by atoms with Crippen LogP contribution in [0.1, 0.15) is 32.6 Å². The lowest BCUT2D eigenvalue weighted by Gasteiger charge is -2.19. The lowest BCUT2D eigenvalue weighted by molar-refractivity contribution is 0.422. The second-order valence-corrected chi connectivity index (χ2v) is 6.61. The predicted octanol–water partition coefficient (Wildman–Crippen LogP) is 0.706. The molecule has 0 spiro atoms. The van der Waals surface area contributed by atoms with Gasteiger partial charge in [-0.3, -0.25) is 0 Å². The molecule has 3 nitrogen and oxygen atoms in total. The van der Waals surface area contributed by atoms with Gasteiger partial charge >= 0.3 is 0 Å². The molecule has 1 atom stereocenters.